The van der Waals surface area contributed by atoms with Gasteiger partial charge in [0.15, 0.2) is 5.71 Å². The Morgan fingerprint density at radius 1 is 0.644 bits per heavy atom. The number of carbonyl (C=O) groups excluding carboxylic acids is 2. The number of nitrogens with one attached hydrogen (secondary N) is 2. The summed E-state index contributed by atoms with van der Waals surface area (Å²) in [6.07, 6.45) is 5.01. The van der Waals surface area contributed by atoms with Gasteiger partial charge >= 0.3 is 5.97 Å². The fraction of sp³-hybridized carbons (Fsp3) is 0.377. The minimum absolute atomic E-state index is 0.00149. The van der Waals surface area contributed by atoms with Crippen molar-refractivity contribution in [1.29, 1.82) is 0 Å². The summed E-state index contributed by atoms with van der Waals surface area (Å²) < 4.78 is 213. The molecule has 37 heteroatoms. The monoisotopic (exact) mass is 1390 g/mol. The lowest BCUT2D eigenvalue weighted by atomic mass is 9.74. The van der Waals surface area contributed by atoms with E-state index in [2.05, 4.69) is 25.0 Å². The second-order valence-electron chi connectivity index (χ2n) is 21.7. The topological polar surface area (TPSA) is 480 Å². The molecule has 1 aromatic heterocycles. The number of unbranched alkanes of at least 4 members (excludes halogenated alkanes) is 2. The lowest BCUT2D eigenvalue weighted by Crippen LogP contribution is -2.32. The smallest absolute Gasteiger partial charge is 0.303 e. The molecule has 0 radical (unpaired) electrons. The minimum atomic E-state index is -5.19. The zero-order chi connectivity index (χ0) is 66.7. The van der Waals surface area contributed by atoms with E-state index in [-0.39, 0.29) is 88.4 Å². The summed E-state index contributed by atoms with van der Waals surface area (Å²) in [7, 11) is -28.5. The maximum Gasteiger partial charge on any atom is 0.303 e. The molecule has 4 aromatic carbocycles. The Hall–Kier alpha value is -6.40. The molecule has 0 saturated carbocycles. The summed E-state index contributed by atoms with van der Waals surface area (Å²) in [5.74, 6) is -6.48. The predicted octanol–water partition coefficient (Wildman–Crippen LogP) is 5.40. The van der Waals surface area contributed by atoms with Crippen LogP contribution in [0.5, 0.6) is 0 Å². The Bertz CT molecular complexity index is 4470. The minimum Gasteiger partial charge on any atom is -0.481 e. The molecule has 30 nitrogen and oxygen atoms in total. The van der Waals surface area contributed by atoms with Gasteiger partial charge in [-0.1, -0.05) is 43.5 Å². The van der Waals surface area contributed by atoms with Gasteiger partial charge in [-0.25, -0.2) is 10.2 Å². The highest BCUT2D eigenvalue weighted by atomic mass is 32.2. The van der Waals surface area contributed by atoms with Crippen molar-refractivity contribution in [2.45, 2.75) is 91.2 Å². The van der Waals surface area contributed by atoms with Gasteiger partial charge in [-0.05, 0) is 114 Å². The molecule has 490 valence electrons. The SMILES string of the molecule is CC1(CCCS(=O)(=O)O)C(/C=C/C=C2/N(CCCCCC(=O)O)c3cc(S(=O)(=O)O)c4cc(-c5cc(C(=O)NCCS(=O)(=O)O)nc(C(=O)NCCS(=O)(=O)O)c5)ccc4c3C2(C)C)=[N+](CCCS(=O)(=O)O)c2ccc3c(SOOO)cc(S(=O)(=O)O)cc3c21. The third kappa shape index (κ3) is 17.4. The zero-order valence-corrected chi connectivity index (χ0v) is 53.5. The summed E-state index contributed by atoms with van der Waals surface area (Å²) in [6.45, 7) is 3.95. The first-order valence-electron chi connectivity index (χ1n) is 26.9. The lowest BCUT2D eigenvalue weighted by Gasteiger charge is -2.27. The van der Waals surface area contributed by atoms with Gasteiger partial charge in [0.05, 0.1) is 45.4 Å². The summed E-state index contributed by atoms with van der Waals surface area (Å²) in [4.78, 5) is 42.9. The van der Waals surface area contributed by atoms with E-state index in [0.29, 0.717) is 53.1 Å². The van der Waals surface area contributed by atoms with E-state index in [0.717, 1.165) is 24.3 Å². The summed E-state index contributed by atoms with van der Waals surface area (Å²) in [6, 6.07) is 13.1. The van der Waals surface area contributed by atoms with Crippen molar-refractivity contribution < 1.29 is 117 Å². The van der Waals surface area contributed by atoms with E-state index in [1.807, 2.05) is 0 Å². The van der Waals surface area contributed by atoms with Gasteiger partial charge in [0, 0.05) is 77.3 Å². The summed E-state index contributed by atoms with van der Waals surface area (Å²) in [5, 5.41) is 27.3. The van der Waals surface area contributed by atoms with E-state index in [1.54, 1.807) is 54.5 Å². The molecule has 3 heterocycles. The van der Waals surface area contributed by atoms with Crippen LogP contribution < -0.4 is 15.5 Å². The molecule has 0 spiro atoms. The van der Waals surface area contributed by atoms with Crippen molar-refractivity contribution in [3.63, 3.8) is 0 Å². The van der Waals surface area contributed by atoms with Crippen molar-refractivity contribution in [3.8, 4) is 11.1 Å². The largest absolute Gasteiger partial charge is 0.481 e. The van der Waals surface area contributed by atoms with Gasteiger partial charge in [-0.2, -0.15) is 55.1 Å². The van der Waals surface area contributed by atoms with Gasteiger partial charge in [0.1, 0.15) is 22.8 Å². The van der Waals surface area contributed by atoms with Gasteiger partial charge in [-0.15, -0.1) is 4.33 Å². The van der Waals surface area contributed by atoms with Crippen LogP contribution in [0.2, 0.25) is 0 Å². The van der Waals surface area contributed by atoms with Crippen LogP contribution in [0.1, 0.15) is 97.8 Å². The van der Waals surface area contributed by atoms with E-state index in [4.69, 9.17) is 5.26 Å². The molecule has 1 unspecified atom stereocenters. The van der Waals surface area contributed by atoms with E-state index < -0.39 is 147 Å². The fourth-order valence-electron chi connectivity index (χ4n) is 11.2. The Morgan fingerprint density at radius 3 is 1.79 bits per heavy atom. The zero-order valence-electron chi connectivity index (χ0n) is 47.8. The third-order valence-electron chi connectivity index (χ3n) is 15.0. The highest BCUT2D eigenvalue weighted by molar-refractivity contribution is 7.95. The van der Waals surface area contributed by atoms with Crippen molar-refractivity contribution in [2.75, 3.05) is 54.1 Å². The van der Waals surface area contributed by atoms with E-state index in [9.17, 15) is 97.3 Å². The number of carboxylic acids is 1. The number of carbonyl (C=O) groups is 3. The number of hydrogen-bond acceptors (Lipinski definition) is 21. The maximum absolute atomic E-state index is 13.7. The third-order valence-corrected chi connectivity index (χ3v) is 20.4. The number of pyridine rings is 1. The van der Waals surface area contributed by atoms with E-state index >= 15 is 0 Å². The molecule has 2 amide bonds. The molecule has 1 atom stereocenters. The molecule has 0 aliphatic carbocycles. The molecule has 0 fully saturated rings. The number of anilines is 1. The molecule has 0 saturated heterocycles. The van der Waals surface area contributed by atoms with Crippen LogP contribution >= 0.6 is 12.0 Å². The average molecular weight is 1390 g/mol. The first-order valence-corrected chi connectivity index (χ1v) is 36.9. The number of carboxylic acid groups (broad SMARTS) is 1. The Labute approximate surface area is 521 Å². The molecule has 90 heavy (non-hydrogen) atoms. The Morgan fingerprint density at radius 2 is 1.23 bits per heavy atom. The van der Waals surface area contributed by atoms with Gasteiger partial charge in [-0.3, -0.25) is 41.7 Å². The van der Waals surface area contributed by atoms with Crippen LogP contribution in [-0.4, -0.2) is 170 Å². The quantitative estimate of drug-likeness (QED) is 0.00687. The highest BCUT2D eigenvalue weighted by Crippen LogP contribution is 2.54. The number of allylic oxidation sites excluding steroid dienone is 4. The van der Waals surface area contributed by atoms with Gasteiger partial charge in [0.25, 0.3) is 72.5 Å². The second kappa shape index (κ2) is 27.4. The second-order valence-corrected chi connectivity index (χ2v) is 31.5. The number of rotatable bonds is 30. The molecule has 2 aliphatic heterocycles. The average Bonchev–Trinajstić information content (AvgIpc) is 1.69. The number of nitrogens with zero attached hydrogens (tertiary/aromatic N) is 3. The summed E-state index contributed by atoms with van der Waals surface area (Å²) in [5.41, 5.74) is -1.37. The first-order chi connectivity index (χ1) is 41.6. The van der Waals surface area contributed by atoms with Gasteiger partial charge in [0.2, 0.25) is 5.69 Å². The van der Waals surface area contributed by atoms with Crippen LogP contribution in [0.15, 0.2) is 99.3 Å². The van der Waals surface area contributed by atoms with Crippen LogP contribution in [0.4, 0.5) is 11.4 Å². The normalized spacial score (nSPS) is 16.8. The van der Waals surface area contributed by atoms with Crippen molar-refractivity contribution in [3.05, 3.63) is 107 Å². The van der Waals surface area contributed by atoms with Crippen molar-refractivity contribution >= 4 is 129 Å². The number of aliphatic carboxylic acids is 1. The molecular formula is C53H62N5O25S7+. The number of aromatic nitrogens is 1. The number of amides is 2. The van der Waals surface area contributed by atoms with Crippen LogP contribution in [0.3, 0.4) is 0 Å². The number of fused-ring (bicyclic) bond motifs is 6. The lowest BCUT2D eigenvalue weighted by molar-refractivity contribution is -0.437. The van der Waals surface area contributed by atoms with Crippen molar-refractivity contribution in [1.82, 2.24) is 15.6 Å². The fourth-order valence-corrected chi connectivity index (χ4v) is 14.8. The highest BCUT2D eigenvalue weighted by Gasteiger charge is 2.49. The van der Waals surface area contributed by atoms with Crippen LogP contribution in [0.25, 0.3) is 32.7 Å². The van der Waals surface area contributed by atoms with Crippen molar-refractivity contribution in [2.24, 2.45) is 0 Å². The van der Waals surface area contributed by atoms with Crippen LogP contribution in [-0.2, 0) is 85.7 Å². The van der Waals surface area contributed by atoms with Gasteiger partial charge < -0.3 is 20.6 Å². The standard InChI is InChI=1S/C53H61N5O25S7/c1-52(2)45(10-7-11-46-53(3,17-8-22-85(64,65)66)49-38-29-34(89(76,77)78)30-43(84-83-82-63)35(38)15-16-41(49)57(46)21-9-23-86(67,68)69)58(20-6-4-5-12-47(59)60)42-31-44(90(79,80)81)37-26-32(13-14-36(37)48(42)52)33-27-39(50(61)54-18-24-87(70,71)72)56-40(28-33)51(62)55-19-25-88(73,74)75/h7,10-11,13-16,26-31H,4-6,8-9,12,17-25H2,1-3H3,(H9-,54,55,59,60,61,62,63,64,65,66,67,68,69,70,71,72,73,74,75,76,77,78,79,80,81)/p+1. The number of benzene rings is 4. The molecule has 2 aliphatic rings. The predicted molar refractivity (Wildman–Crippen MR) is 326 cm³/mol. The number of hydrogen-bond donors (Lipinski definition) is 10. The molecule has 5 aromatic rings. The Kier molecular flexibility index (Phi) is 21.7. The molecular weight excluding hydrogens is 1330 g/mol. The molecule has 7 rings (SSSR count). The maximum atomic E-state index is 13.7. The summed E-state index contributed by atoms with van der Waals surface area (Å²) >= 11 is 0.363. The first kappa shape index (κ1) is 71.0. The van der Waals surface area contributed by atoms with E-state index in [1.165, 1.54) is 30.3 Å². The Balaban J connectivity index is 1.45. The molecule has 10 N–H and O–H groups in total. The molecule has 0 bridgehead atoms. The van der Waals surface area contributed by atoms with Crippen LogP contribution in [0, 0.1) is 0 Å².